The predicted molar refractivity (Wildman–Crippen MR) is 104 cm³/mol. The van der Waals surface area contributed by atoms with Gasteiger partial charge in [-0.3, -0.25) is 14.0 Å². The van der Waals surface area contributed by atoms with E-state index >= 15 is 0 Å². The summed E-state index contributed by atoms with van der Waals surface area (Å²) < 4.78 is 12.2. The standard InChI is InChI=1S/C20H14ClN3O4/c21-13-6-7-18-22-15(10-19(25)24(18)11-13)12-28-16-4-1-3-14(9-16)23-20(26)17-5-2-8-27-17/h1-11H,12H2,(H,23,26). The van der Waals surface area contributed by atoms with Gasteiger partial charge in [-0.2, -0.15) is 0 Å². The highest BCUT2D eigenvalue weighted by atomic mass is 35.5. The topological polar surface area (TPSA) is 85.8 Å². The minimum absolute atomic E-state index is 0.101. The second-order valence-corrected chi connectivity index (χ2v) is 6.35. The van der Waals surface area contributed by atoms with Crippen LogP contribution in [0.1, 0.15) is 16.2 Å². The highest BCUT2D eigenvalue weighted by Crippen LogP contribution is 2.19. The van der Waals surface area contributed by atoms with Crippen LogP contribution >= 0.6 is 11.6 Å². The van der Waals surface area contributed by atoms with Gasteiger partial charge in [-0.05, 0) is 36.4 Å². The summed E-state index contributed by atoms with van der Waals surface area (Å²) in [6, 6.07) is 14.8. The third kappa shape index (κ3) is 3.89. The van der Waals surface area contributed by atoms with Gasteiger partial charge in [0, 0.05) is 24.0 Å². The molecule has 0 atom stereocenters. The molecule has 0 fully saturated rings. The Morgan fingerprint density at radius 3 is 2.89 bits per heavy atom. The van der Waals surface area contributed by atoms with E-state index in [0.29, 0.717) is 27.8 Å². The Hall–Kier alpha value is -3.58. The zero-order valence-electron chi connectivity index (χ0n) is 14.5. The number of carbonyl (C=O) groups excluding carboxylic acids is 1. The summed E-state index contributed by atoms with van der Waals surface area (Å²) in [5.74, 6) is 0.382. The zero-order valence-corrected chi connectivity index (χ0v) is 15.2. The monoisotopic (exact) mass is 395 g/mol. The number of carbonyl (C=O) groups is 1. The number of aromatic nitrogens is 2. The summed E-state index contributed by atoms with van der Waals surface area (Å²) in [7, 11) is 0. The van der Waals surface area contributed by atoms with Crippen LogP contribution in [0.25, 0.3) is 5.65 Å². The fourth-order valence-corrected chi connectivity index (χ4v) is 2.78. The van der Waals surface area contributed by atoms with Gasteiger partial charge in [-0.1, -0.05) is 17.7 Å². The fourth-order valence-electron chi connectivity index (χ4n) is 2.62. The number of ether oxygens (including phenoxy) is 1. The van der Waals surface area contributed by atoms with E-state index in [9.17, 15) is 9.59 Å². The Balaban J connectivity index is 1.48. The lowest BCUT2D eigenvalue weighted by Crippen LogP contribution is -2.16. The molecule has 0 aliphatic rings. The first-order valence-electron chi connectivity index (χ1n) is 8.34. The normalized spacial score (nSPS) is 10.8. The third-order valence-corrected chi connectivity index (χ3v) is 4.12. The van der Waals surface area contributed by atoms with Crippen molar-refractivity contribution in [3.05, 3.63) is 93.9 Å². The summed E-state index contributed by atoms with van der Waals surface area (Å²) in [5, 5.41) is 3.18. The molecule has 0 spiro atoms. The fraction of sp³-hybridized carbons (Fsp3) is 0.0500. The molecule has 8 heteroatoms. The maximum atomic E-state index is 12.2. The molecule has 28 heavy (non-hydrogen) atoms. The van der Waals surface area contributed by atoms with E-state index in [-0.39, 0.29) is 23.8 Å². The lowest BCUT2D eigenvalue weighted by atomic mass is 10.3. The maximum Gasteiger partial charge on any atom is 0.291 e. The number of amides is 1. The molecule has 0 bridgehead atoms. The minimum Gasteiger partial charge on any atom is -0.487 e. The van der Waals surface area contributed by atoms with Gasteiger partial charge in [-0.25, -0.2) is 4.98 Å². The number of benzene rings is 1. The molecule has 1 aromatic carbocycles. The van der Waals surface area contributed by atoms with E-state index in [0.717, 1.165) is 0 Å². The van der Waals surface area contributed by atoms with Crippen molar-refractivity contribution < 1.29 is 13.9 Å². The number of hydrogen-bond acceptors (Lipinski definition) is 5. The van der Waals surface area contributed by atoms with Crippen LogP contribution in [0.5, 0.6) is 5.75 Å². The molecule has 0 unspecified atom stereocenters. The number of nitrogens with one attached hydrogen (secondary N) is 1. The van der Waals surface area contributed by atoms with Crippen molar-refractivity contribution in [2.75, 3.05) is 5.32 Å². The van der Waals surface area contributed by atoms with Crippen LogP contribution in [0.3, 0.4) is 0 Å². The van der Waals surface area contributed by atoms with Crippen LogP contribution in [0.4, 0.5) is 5.69 Å². The largest absolute Gasteiger partial charge is 0.487 e. The molecule has 1 N–H and O–H groups in total. The van der Waals surface area contributed by atoms with Crippen molar-refractivity contribution in [3.8, 4) is 5.75 Å². The molecule has 4 aromatic rings. The molecular weight excluding hydrogens is 382 g/mol. The predicted octanol–water partition coefficient (Wildman–Crippen LogP) is 3.77. The van der Waals surface area contributed by atoms with E-state index in [4.69, 9.17) is 20.8 Å². The van der Waals surface area contributed by atoms with Crippen LogP contribution in [-0.2, 0) is 6.61 Å². The number of rotatable bonds is 5. The minimum atomic E-state index is -0.356. The Labute approximate surface area is 164 Å². The lowest BCUT2D eigenvalue weighted by Gasteiger charge is -2.09. The number of hydrogen-bond donors (Lipinski definition) is 1. The summed E-state index contributed by atoms with van der Waals surface area (Å²) in [4.78, 5) is 28.6. The van der Waals surface area contributed by atoms with E-state index in [1.807, 2.05) is 0 Å². The first-order valence-corrected chi connectivity index (χ1v) is 8.72. The van der Waals surface area contributed by atoms with Crippen molar-refractivity contribution in [1.82, 2.24) is 9.38 Å². The van der Waals surface area contributed by atoms with Gasteiger partial charge in [0.15, 0.2) is 5.76 Å². The SMILES string of the molecule is O=C(Nc1cccc(OCc2cc(=O)n3cc(Cl)ccc3n2)c1)c1ccco1. The Morgan fingerprint density at radius 1 is 1.18 bits per heavy atom. The molecule has 3 heterocycles. The van der Waals surface area contributed by atoms with E-state index in [2.05, 4.69) is 10.3 Å². The Bertz CT molecular complexity index is 1200. The van der Waals surface area contributed by atoms with Gasteiger partial charge in [-0.15, -0.1) is 0 Å². The average Bonchev–Trinajstić information content (AvgIpc) is 3.22. The van der Waals surface area contributed by atoms with Crippen LogP contribution in [0, 0.1) is 0 Å². The van der Waals surface area contributed by atoms with Crippen molar-refractivity contribution >= 4 is 28.8 Å². The highest BCUT2D eigenvalue weighted by Gasteiger charge is 2.09. The van der Waals surface area contributed by atoms with E-state index in [1.165, 1.54) is 22.9 Å². The molecule has 0 saturated carbocycles. The molecule has 0 saturated heterocycles. The van der Waals surface area contributed by atoms with Gasteiger partial charge < -0.3 is 14.5 Å². The third-order valence-electron chi connectivity index (χ3n) is 3.90. The van der Waals surface area contributed by atoms with Gasteiger partial charge >= 0.3 is 0 Å². The van der Waals surface area contributed by atoms with Gasteiger partial charge in [0.1, 0.15) is 18.0 Å². The molecule has 0 aliphatic heterocycles. The number of nitrogens with zero attached hydrogens (tertiary/aromatic N) is 2. The lowest BCUT2D eigenvalue weighted by molar-refractivity contribution is 0.0996. The molecule has 7 nitrogen and oxygen atoms in total. The summed E-state index contributed by atoms with van der Waals surface area (Å²) >= 11 is 5.91. The summed E-state index contributed by atoms with van der Waals surface area (Å²) in [6.45, 7) is 0.101. The van der Waals surface area contributed by atoms with Crippen molar-refractivity contribution in [2.24, 2.45) is 0 Å². The number of fused-ring (bicyclic) bond motifs is 1. The van der Waals surface area contributed by atoms with Crippen LogP contribution in [0.2, 0.25) is 5.02 Å². The number of pyridine rings is 1. The first-order chi connectivity index (χ1) is 13.6. The smallest absolute Gasteiger partial charge is 0.291 e. The van der Waals surface area contributed by atoms with E-state index < -0.39 is 0 Å². The van der Waals surface area contributed by atoms with Crippen molar-refractivity contribution in [1.29, 1.82) is 0 Å². The Morgan fingerprint density at radius 2 is 2.07 bits per heavy atom. The van der Waals surface area contributed by atoms with E-state index in [1.54, 1.807) is 48.5 Å². The van der Waals surface area contributed by atoms with Crippen molar-refractivity contribution in [3.63, 3.8) is 0 Å². The molecule has 1 amide bonds. The molecule has 0 aliphatic carbocycles. The summed E-state index contributed by atoms with van der Waals surface area (Å²) in [5.41, 5.74) is 1.28. The first kappa shape index (κ1) is 17.8. The summed E-state index contributed by atoms with van der Waals surface area (Å²) in [6.07, 6.45) is 2.95. The van der Waals surface area contributed by atoms with Crippen LogP contribution in [-0.4, -0.2) is 15.3 Å². The molecule has 140 valence electrons. The quantitative estimate of drug-likeness (QED) is 0.556. The number of furan rings is 1. The number of halogens is 1. The van der Waals surface area contributed by atoms with Gasteiger partial charge in [0.2, 0.25) is 0 Å². The Kier molecular flexibility index (Phi) is 4.82. The van der Waals surface area contributed by atoms with Crippen LogP contribution in [0.15, 0.2) is 76.3 Å². The zero-order chi connectivity index (χ0) is 19.5. The maximum absolute atomic E-state index is 12.2. The second-order valence-electron chi connectivity index (χ2n) is 5.91. The van der Waals surface area contributed by atoms with Gasteiger partial charge in [0.25, 0.3) is 11.5 Å². The highest BCUT2D eigenvalue weighted by molar-refractivity contribution is 6.30. The molecule has 0 radical (unpaired) electrons. The second kappa shape index (κ2) is 7.58. The average molecular weight is 396 g/mol. The van der Waals surface area contributed by atoms with Gasteiger partial charge in [0.05, 0.1) is 17.0 Å². The number of anilines is 1. The van der Waals surface area contributed by atoms with Crippen LogP contribution < -0.4 is 15.6 Å². The van der Waals surface area contributed by atoms with Crippen molar-refractivity contribution in [2.45, 2.75) is 6.61 Å². The molecular formula is C20H14ClN3O4. The molecule has 4 rings (SSSR count). The molecule has 3 aromatic heterocycles.